The fourth-order valence-electron chi connectivity index (χ4n) is 6.50. The van der Waals surface area contributed by atoms with Crippen LogP contribution in [0.15, 0.2) is 103 Å². The smallest absolute Gasteiger partial charge is 0.416 e. The molecule has 4 aromatic rings. The first kappa shape index (κ1) is 38.4. The van der Waals surface area contributed by atoms with Gasteiger partial charge in [-0.2, -0.15) is 13.2 Å². The average molecular weight is 743 g/mol. The van der Waals surface area contributed by atoms with Crippen molar-refractivity contribution in [3.8, 4) is 11.5 Å². The molecule has 1 saturated heterocycles. The minimum absolute atomic E-state index is 0.140. The average Bonchev–Trinajstić information content (AvgIpc) is 3.66. The molecular weight excluding hydrogens is 697 g/mol. The number of fused-ring (bicyclic) bond motifs is 1. The largest absolute Gasteiger partial charge is 0.454 e. The highest BCUT2D eigenvalue weighted by Crippen LogP contribution is 2.33. The van der Waals surface area contributed by atoms with Crippen molar-refractivity contribution >= 4 is 23.6 Å². The zero-order valence-electron chi connectivity index (χ0n) is 30.5. The maximum Gasteiger partial charge on any atom is 0.416 e. The highest BCUT2D eigenvalue weighted by molar-refractivity contribution is 5.95. The second kappa shape index (κ2) is 17.7. The molecule has 0 bridgehead atoms. The van der Waals surface area contributed by atoms with E-state index in [2.05, 4.69) is 9.80 Å². The molecule has 1 fully saturated rings. The number of alkyl halides is 3. The van der Waals surface area contributed by atoms with Crippen LogP contribution < -0.4 is 14.4 Å². The lowest BCUT2D eigenvalue weighted by atomic mass is 10.0. The SMILES string of the molecule is CN(CCN(C)C(=O)[C@H](Cc1ccccc1)N(Cc1ccc(N2CCOCC2)cc1)C(=O)/C=C/c1ccc(C(F)(F)F)cc1)Cc1ccc2c(c1)OCO2. The van der Waals surface area contributed by atoms with Crippen molar-refractivity contribution in [1.82, 2.24) is 14.7 Å². The molecule has 2 aliphatic heterocycles. The number of carbonyl (C=O) groups excluding carboxylic acids is 2. The number of hydrogen-bond donors (Lipinski definition) is 0. The van der Waals surface area contributed by atoms with E-state index in [-0.39, 0.29) is 25.7 Å². The molecule has 0 saturated carbocycles. The van der Waals surface area contributed by atoms with Crippen molar-refractivity contribution in [2.45, 2.75) is 31.7 Å². The lowest BCUT2D eigenvalue weighted by Gasteiger charge is -2.34. The van der Waals surface area contributed by atoms with Gasteiger partial charge in [0.2, 0.25) is 18.6 Å². The minimum Gasteiger partial charge on any atom is -0.454 e. The second-order valence-electron chi connectivity index (χ2n) is 13.6. The van der Waals surface area contributed by atoms with Crippen LogP contribution in [-0.2, 0) is 40.0 Å². The molecule has 0 N–H and O–H groups in total. The predicted molar refractivity (Wildman–Crippen MR) is 201 cm³/mol. The Morgan fingerprint density at radius 2 is 1.48 bits per heavy atom. The Balaban J connectivity index is 1.23. The summed E-state index contributed by atoms with van der Waals surface area (Å²) >= 11 is 0. The number of ether oxygens (including phenoxy) is 3. The van der Waals surface area contributed by atoms with Crippen molar-refractivity contribution in [3.63, 3.8) is 0 Å². The van der Waals surface area contributed by atoms with Crippen LogP contribution in [0.5, 0.6) is 11.5 Å². The number of nitrogens with zero attached hydrogens (tertiary/aromatic N) is 4. The van der Waals surface area contributed by atoms with Gasteiger partial charge in [0.05, 0.1) is 18.8 Å². The van der Waals surface area contributed by atoms with Gasteiger partial charge in [-0.25, -0.2) is 0 Å². The Hall–Kier alpha value is -5.33. The van der Waals surface area contributed by atoms with Crippen molar-refractivity contribution in [2.24, 2.45) is 0 Å². The third-order valence-electron chi connectivity index (χ3n) is 9.62. The lowest BCUT2D eigenvalue weighted by Crippen LogP contribution is -2.51. The summed E-state index contributed by atoms with van der Waals surface area (Å²) < 4.78 is 56.0. The maximum atomic E-state index is 14.5. The van der Waals surface area contributed by atoms with Crippen LogP contribution in [0.1, 0.15) is 27.8 Å². The molecule has 2 amide bonds. The first-order valence-electron chi connectivity index (χ1n) is 18.0. The Morgan fingerprint density at radius 1 is 0.796 bits per heavy atom. The summed E-state index contributed by atoms with van der Waals surface area (Å²) in [4.78, 5) is 36.3. The van der Waals surface area contributed by atoms with E-state index in [1.807, 2.05) is 79.8 Å². The van der Waals surface area contributed by atoms with E-state index in [1.165, 1.54) is 24.3 Å². The lowest BCUT2D eigenvalue weighted by molar-refractivity contribution is -0.143. The van der Waals surface area contributed by atoms with E-state index in [0.29, 0.717) is 44.2 Å². The number of anilines is 1. The summed E-state index contributed by atoms with van der Waals surface area (Å²) in [5.41, 5.74) is 3.47. The van der Waals surface area contributed by atoms with E-state index in [4.69, 9.17) is 14.2 Å². The first-order valence-corrected chi connectivity index (χ1v) is 18.0. The Kier molecular flexibility index (Phi) is 12.6. The van der Waals surface area contributed by atoms with Crippen molar-refractivity contribution in [3.05, 3.63) is 131 Å². The topological polar surface area (TPSA) is 74.8 Å². The molecule has 9 nitrogen and oxygen atoms in total. The number of hydrogen-bond acceptors (Lipinski definition) is 7. The van der Waals surface area contributed by atoms with Crippen LogP contribution in [0.2, 0.25) is 0 Å². The van der Waals surface area contributed by atoms with E-state index in [0.717, 1.165) is 53.3 Å². The molecule has 6 rings (SSSR count). The molecule has 4 aromatic carbocycles. The normalized spacial score (nSPS) is 14.7. The fraction of sp³-hybridized carbons (Fsp3) is 0.333. The molecular formula is C42H45F3N4O5. The first-order chi connectivity index (χ1) is 26.0. The van der Waals surface area contributed by atoms with Gasteiger partial charge in [0.15, 0.2) is 11.5 Å². The monoisotopic (exact) mass is 742 g/mol. The Labute approximate surface area is 314 Å². The number of carbonyl (C=O) groups is 2. The molecule has 12 heteroatoms. The van der Waals surface area contributed by atoms with E-state index in [9.17, 15) is 22.8 Å². The summed E-state index contributed by atoms with van der Waals surface area (Å²) in [6.45, 7) is 4.82. The molecule has 2 aliphatic rings. The summed E-state index contributed by atoms with van der Waals surface area (Å²) in [7, 11) is 3.72. The molecule has 0 radical (unpaired) electrons. The van der Waals surface area contributed by atoms with Crippen LogP contribution in [0.25, 0.3) is 6.08 Å². The molecule has 0 aromatic heterocycles. The van der Waals surface area contributed by atoms with Crippen LogP contribution in [0.4, 0.5) is 18.9 Å². The van der Waals surface area contributed by atoms with Crippen LogP contribution in [0.3, 0.4) is 0 Å². The highest BCUT2D eigenvalue weighted by Gasteiger charge is 2.32. The van der Waals surface area contributed by atoms with Crippen molar-refractivity contribution in [2.75, 3.05) is 65.2 Å². The number of amides is 2. The van der Waals surface area contributed by atoms with Crippen LogP contribution in [-0.4, -0.2) is 92.8 Å². The summed E-state index contributed by atoms with van der Waals surface area (Å²) in [6.07, 6.45) is -1.39. The van der Waals surface area contributed by atoms with Crippen molar-refractivity contribution in [1.29, 1.82) is 0 Å². The van der Waals surface area contributed by atoms with Gasteiger partial charge in [0.25, 0.3) is 0 Å². The van der Waals surface area contributed by atoms with Crippen LogP contribution >= 0.6 is 0 Å². The summed E-state index contributed by atoms with van der Waals surface area (Å²) in [5, 5.41) is 0. The second-order valence-corrected chi connectivity index (χ2v) is 13.6. The van der Waals surface area contributed by atoms with Gasteiger partial charge >= 0.3 is 6.18 Å². The third kappa shape index (κ3) is 10.2. The van der Waals surface area contributed by atoms with Gasteiger partial charge in [-0.15, -0.1) is 0 Å². The zero-order valence-corrected chi connectivity index (χ0v) is 30.5. The van der Waals surface area contributed by atoms with E-state index >= 15 is 0 Å². The molecule has 0 aliphatic carbocycles. The molecule has 1 atom stereocenters. The Bertz CT molecular complexity index is 1880. The van der Waals surface area contributed by atoms with Crippen molar-refractivity contribution < 1.29 is 37.0 Å². The van der Waals surface area contributed by atoms with Gasteiger partial charge < -0.3 is 33.8 Å². The number of morpholine rings is 1. The summed E-state index contributed by atoms with van der Waals surface area (Å²) in [6, 6.07) is 27.1. The number of benzene rings is 4. The number of rotatable bonds is 14. The van der Waals surface area contributed by atoms with E-state index < -0.39 is 23.7 Å². The number of likely N-dealkylation sites (N-methyl/N-ethyl adjacent to an activating group) is 2. The molecule has 284 valence electrons. The van der Waals surface area contributed by atoms with Gasteiger partial charge in [-0.1, -0.05) is 60.7 Å². The fourth-order valence-corrected chi connectivity index (χ4v) is 6.50. The minimum atomic E-state index is -4.47. The standard InChI is InChI=1S/C42H45F3N4O5/c1-46(28-34-12-18-38-39(27-34)54-30-53-38)20-21-47(2)41(51)37(26-32-6-4-3-5-7-32)49(29-33-10-16-36(17-11-33)48-22-24-52-25-23-48)40(50)19-13-31-8-14-35(15-9-31)42(43,44)45/h3-19,27,37H,20-26,28-30H2,1-2H3/b19-13+/t37-/m0/s1. The van der Waals surface area contributed by atoms with E-state index in [1.54, 1.807) is 16.8 Å². The van der Waals surface area contributed by atoms with Gasteiger partial charge in [-0.3, -0.25) is 9.59 Å². The third-order valence-corrected chi connectivity index (χ3v) is 9.62. The Morgan fingerprint density at radius 3 is 2.19 bits per heavy atom. The summed E-state index contributed by atoms with van der Waals surface area (Å²) in [5.74, 6) is 0.772. The van der Waals surface area contributed by atoms with Crippen LogP contribution in [0, 0.1) is 0 Å². The van der Waals surface area contributed by atoms with Gasteiger partial charge in [-0.05, 0) is 71.8 Å². The van der Waals surface area contributed by atoms with Gasteiger partial charge in [0.1, 0.15) is 6.04 Å². The molecule has 0 spiro atoms. The van der Waals surface area contributed by atoms with Gasteiger partial charge in [0, 0.05) is 64.5 Å². The quantitative estimate of drug-likeness (QED) is 0.136. The zero-order chi connectivity index (χ0) is 38.1. The molecule has 2 heterocycles. The maximum absolute atomic E-state index is 14.5. The number of halogens is 3. The molecule has 0 unspecified atom stereocenters. The predicted octanol–water partition coefficient (Wildman–Crippen LogP) is 6.51. The molecule has 54 heavy (non-hydrogen) atoms. The highest BCUT2D eigenvalue weighted by atomic mass is 19.4.